The van der Waals surface area contributed by atoms with Crippen molar-refractivity contribution in [2.75, 3.05) is 26.2 Å². The highest BCUT2D eigenvalue weighted by atomic mass is 32.2. The largest absolute Gasteiger partial charge is 0.336 e. The Balaban J connectivity index is 1.76. The van der Waals surface area contributed by atoms with Gasteiger partial charge in [0.25, 0.3) is 5.91 Å². The molecule has 0 saturated carbocycles. The van der Waals surface area contributed by atoms with Gasteiger partial charge in [0.15, 0.2) is 17.5 Å². The van der Waals surface area contributed by atoms with Gasteiger partial charge in [-0.3, -0.25) is 4.79 Å². The number of piperazine rings is 1. The van der Waals surface area contributed by atoms with Crippen molar-refractivity contribution in [2.24, 2.45) is 0 Å². The minimum atomic E-state index is -4.47. The quantitative estimate of drug-likeness (QED) is 0.567. The molecule has 0 spiro atoms. The number of hydrogen-bond acceptors (Lipinski definition) is 3. The van der Waals surface area contributed by atoms with Gasteiger partial charge in [-0.25, -0.2) is 30.4 Å². The molecule has 0 aliphatic carbocycles. The zero-order valence-corrected chi connectivity index (χ0v) is 14.9. The highest BCUT2D eigenvalue weighted by Gasteiger charge is 2.34. The standard InChI is InChI=1S/C17H13F5N2O3S/c18-10-1-2-11(13(20)9-10)17(25)23-5-7-24(8-6-23)28(26,27)14-4-3-12(19)15(21)16(14)22/h1-4,9H,5-8H2. The van der Waals surface area contributed by atoms with Crippen molar-refractivity contribution in [1.82, 2.24) is 9.21 Å². The lowest BCUT2D eigenvalue weighted by atomic mass is 10.1. The Bertz CT molecular complexity index is 1040. The summed E-state index contributed by atoms with van der Waals surface area (Å²) in [6, 6.07) is 3.58. The average molecular weight is 420 g/mol. The molecule has 150 valence electrons. The number of halogens is 5. The predicted molar refractivity (Wildman–Crippen MR) is 87.3 cm³/mol. The highest BCUT2D eigenvalue weighted by molar-refractivity contribution is 7.89. The number of amides is 1. The third kappa shape index (κ3) is 3.59. The molecule has 1 aliphatic heterocycles. The zero-order valence-electron chi connectivity index (χ0n) is 14.1. The molecule has 1 saturated heterocycles. The van der Waals surface area contributed by atoms with Crippen LogP contribution < -0.4 is 0 Å². The van der Waals surface area contributed by atoms with E-state index in [1.807, 2.05) is 0 Å². The Kier molecular flexibility index (Phi) is 5.39. The smallest absolute Gasteiger partial charge is 0.256 e. The molecule has 3 rings (SSSR count). The molecule has 28 heavy (non-hydrogen) atoms. The van der Waals surface area contributed by atoms with E-state index in [0.29, 0.717) is 18.2 Å². The van der Waals surface area contributed by atoms with Crippen LogP contribution in [0.5, 0.6) is 0 Å². The van der Waals surface area contributed by atoms with Crippen LogP contribution in [0.4, 0.5) is 22.0 Å². The lowest BCUT2D eigenvalue weighted by molar-refractivity contribution is 0.0693. The van der Waals surface area contributed by atoms with Gasteiger partial charge in [0, 0.05) is 32.2 Å². The van der Waals surface area contributed by atoms with Crippen LogP contribution in [0.25, 0.3) is 0 Å². The van der Waals surface area contributed by atoms with E-state index in [1.54, 1.807) is 0 Å². The van der Waals surface area contributed by atoms with Crippen LogP contribution in [0.3, 0.4) is 0 Å². The van der Waals surface area contributed by atoms with Crippen molar-refractivity contribution in [3.63, 3.8) is 0 Å². The van der Waals surface area contributed by atoms with Gasteiger partial charge in [-0.1, -0.05) is 0 Å². The van der Waals surface area contributed by atoms with Gasteiger partial charge < -0.3 is 4.90 Å². The van der Waals surface area contributed by atoms with Crippen molar-refractivity contribution in [3.05, 3.63) is 65.0 Å². The maximum absolute atomic E-state index is 13.9. The summed E-state index contributed by atoms with van der Waals surface area (Å²) in [6.45, 7) is -0.842. The molecule has 0 atom stereocenters. The van der Waals surface area contributed by atoms with E-state index in [-0.39, 0.29) is 31.7 Å². The van der Waals surface area contributed by atoms with Crippen LogP contribution in [-0.4, -0.2) is 49.7 Å². The molecule has 1 fully saturated rings. The van der Waals surface area contributed by atoms with Crippen LogP contribution in [0, 0.1) is 29.1 Å². The normalized spacial score (nSPS) is 15.7. The number of carbonyl (C=O) groups is 1. The van der Waals surface area contributed by atoms with Gasteiger partial charge in [-0.15, -0.1) is 0 Å². The molecular weight excluding hydrogens is 407 g/mol. The molecule has 1 heterocycles. The van der Waals surface area contributed by atoms with Gasteiger partial charge in [0.05, 0.1) is 5.56 Å². The molecule has 0 radical (unpaired) electrons. The summed E-state index contributed by atoms with van der Waals surface area (Å²) in [5.41, 5.74) is -0.371. The van der Waals surface area contributed by atoms with Crippen molar-refractivity contribution in [1.29, 1.82) is 0 Å². The van der Waals surface area contributed by atoms with Gasteiger partial charge in [-0.2, -0.15) is 4.31 Å². The lowest BCUT2D eigenvalue weighted by Crippen LogP contribution is -2.50. The van der Waals surface area contributed by atoms with Crippen LogP contribution in [0.2, 0.25) is 0 Å². The van der Waals surface area contributed by atoms with Gasteiger partial charge in [0.1, 0.15) is 16.5 Å². The fourth-order valence-electron chi connectivity index (χ4n) is 2.81. The monoisotopic (exact) mass is 420 g/mol. The Hall–Kier alpha value is -2.53. The molecule has 1 amide bonds. The molecule has 5 nitrogen and oxygen atoms in total. The number of nitrogens with zero attached hydrogens (tertiary/aromatic N) is 2. The topological polar surface area (TPSA) is 57.7 Å². The fourth-order valence-corrected chi connectivity index (χ4v) is 4.29. The Morgan fingerprint density at radius 2 is 1.46 bits per heavy atom. The van der Waals surface area contributed by atoms with Crippen molar-refractivity contribution in [3.8, 4) is 0 Å². The first-order valence-corrected chi connectivity index (χ1v) is 9.45. The number of sulfonamides is 1. The molecule has 0 N–H and O–H groups in total. The molecule has 2 aromatic carbocycles. The first-order valence-electron chi connectivity index (χ1n) is 8.01. The predicted octanol–water partition coefficient (Wildman–Crippen LogP) is 2.53. The van der Waals surface area contributed by atoms with Gasteiger partial charge >= 0.3 is 0 Å². The summed E-state index contributed by atoms with van der Waals surface area (Å²) >= 11 is 0. The van der Waals surface area contributed by atoms with E-state index < -0.39 is 49.9 Å². The molecule has 0 bridgehead atoms. The van der Waals surface area contributed by atoms with E-state index in [0.717, 1.165) is 21.3 Å². The minimum Gasteiger partial charge on any atom is -0.336 e. The second-order valence-corrected chi connectivity index (χ2v) is 7.90. The average Bonchev–Trinajstić information content (AvgIpc) is 2.65. The first kappa shape index (κ1) is 20.2. The SMILES string of the molecule is O=C(c1ccc(F)cc1F)N1CCN(S(=O)(=O)c2ccc(F)c(F)c2F)CC1. The summed E-state index contributed by atoms with van der Waals surface area (Å²) in [5, 5.41) is 0. The summed E-state index contributed by atoms with van der Waals surface area (Å²) in [7, 11) is -4.47. The molecule has 0 aromatic heterocycles. The third-order valence-corrected chi connectivity index (χ3v) is 6.22. The van der Waals surface area contributed by atoms with E-state index in [9.17, 15) is 35.2 Å². The second-order valence-electron chi connectivity index (χ2n) is 5.99. The zero-order chi connectivity index (χ0) is 20.6. The van der Waals surface area contributed by atoms with E-state index in [2.05, 4.69) is 0 Å². The van der Waals surface area contributed by atoms with Crippen LogP contribution in [0.1, 0.15) is 10.4 Å². The number of hydrogen-bond donors (Lipinski definition) is 0. The summed E-state index contributed by atoms with van der Waals surface area (Å²) in [6.07, 6.45) is 0. The number of benzene rings is 2. The Labute approximate surface area is 157 Å². The second kappa shape index (κ2) is 7.47. The summed E-state index contributed by atoms with van der Waals surface area (Å²) in [5.74, 6) is -7.90. The number of carbonyl (C=O) groups excluding carboxylic acids is 1. The number of rotatable bonds is 3. The minimum absolute atomic E-state index is 0.153. The first-order chi connectivity index (χ1) is 13.1. The van der Waals surface area contributed by atoms with Crippen LogP contribution >= 0.6 is 0 Å². The van der Waals surface area contributed by atoms with E-state index in [1.165, 1.54) is 0 Å². The molecule has 2 aromatic rings. The van der Waals surface area contributed by atoms with Crippen molar-refractivity contribution in [2.45, 2.75) is 4.90 Å². The van der Waals surface area contributed by atoms with Crippen LogP contribution in [-0.2, 0) is 10.0 Å². The van der Waals surface area contributed by atoms with Crippen LogP contribution in [0.15, 0.2) is 35.2 Å². The molecular formula is C17H13F5N2O3S. The lowest BCUT2D eigenvalue weighted by Gasteiger charge is -2.34. The molecule has 1 aliphatic rings. The maximum Gasteiger partial charge on any atom is 0.256 e. The maximum atomic E-state index is 13.9. The Morgan fingerprint density at radius 1 is 0.821 bits per heavy atom. The molecule has 0 unspecified atom stereocenters. The summed E-state index contributed by atoms with van der Waals surface area (Å²) in [4.78, 5) is 12.5. The Morgan fingerprint density at radius 3 is 2.07 bits per heavy atom. The fraction of sp³-hybridized carbons (Fsp3) is 0.235. The van der Waals surface area contributed by atoms with E-state index >= 15 is 0 Å². The summed E-state index contributed by atoms with van der Waals surface area (Å²) < 4.78 is 92.8. The van der Waals surface area contributed by atoms with E-state index in [4.69, 9.17) is 0 Å². The van der Waals surface area contributed by atoms with Crippen molar-refractivity contribution < 1.29 is 35.2 Å². The third-order valence-electron chi connectivity index (χ3n) is 4.30. The van der Waals surface area contributed by atoms with Gasteiger partial charge in [-0.05, 0) is 24.3 Å². The molecule has 11 heteroatoms. The van der Waals surface area contributed by atoms with Crippen molar-refractivity contribution >= 4 is 15.9 Å². The highest BCUT2D eigenvalue weighted by Crippen LogP contribution is 2.24. The van der Waals surface area contributed by atoms with Gasteiger partial charge in [0.2, 0.25) is 10.0 Å².